The predicted octanol–water partition coefficient (Wildman–Crippen LogP) is 2.72. The lowest BCUT2D eigenvalue weighted by molar-refractivity contribution is -0.142. The van der Waals surface area contributed by atoms with E-state index >= 15 is 0 Å². The zero-order chi connectivity index (χ0) is 19.3. The molecule has 0 saturated carbocycles. The van der Waals surface area contributed by atoms with Crippen LogP contribution in [0.1, 0.15) is 5.69 Å². The molecule has 140 valence electrons. The van der Waals surface area contributed by atoms with Crippen molar-refractivity contribution in [2.45, 2.75) is 17.6 Å². The number of aromatic nitrogens is 2. The Morgan fingerprint density at radius 3 is 2.58 bits per heavy atom. The Morgan fingerprint density at radius 2 is 1.96 bits per heavy atom. The van der Waals surface area contributed by atoms with Gasteiger partial charge in [-0.1, -0.05) is 12.1 Å². The summed E-state index contributed by atoms with van der Waals surface area (Å²) in [5.74, 6) is -0.936. The molecule has 0 fully saturated rings. The Hall–Kier alpha value is -2.49. The van der Waals surface area contributed by atoms with E-state index in [1.165, 1.54) is 18.8 Å². The number of nitrogens with zero attached hydrogens (tertiary/aromatic N) is 3. The SMILES string of the molecule is CSc1ccccc1NC(=O)CN(C)C(=O)Cn1ccc(C(F)(F)F)n1. The van der Waals surface area contributed by atoms with E-state index in [9.17, 15) is 22.8 Å². The van der Waals surface area contributed by atoms with Gasteiger partial charge in [-0.05, 0) is 24.5 Å². The summed E-state index contributed by atoms with van der Waals surface area (Å²) in [6, 6.07) is 8.01. The standard InChI is InChI=1S/C16H17F3N4O2S/c1-22(9-14(24)20-11-5-3-4-6-12(11)26-2)15(25)10-23-8-7-13(21-23)16(17,18)19/h3-8H,9-10H2,1-2H3,(H,20,24). The number of thioether (sulfide) groups is 1. The minimum atomic E-state index is -4.56. The number of hydrogen-bond acceptors (Lipinski definition) is 4. The maximum absolute atomic E-state index is 12.5. The summed E-state index contributed by atoms with van der Waals surface area (Å²) < 4.78 is 38.4. The van der Waals surface area contributed by atoms with Gasteiger partial charge in [0.1, 0.15) is 6.54 Å². The van der Waals surface area contributed by atoms with Crippen molar-refractivity contribution in [3.63, 3.8) is 0 Å². The van der Waals surface area contributed by atoms with Gasteiger partial charge >= 0.3 is 6.18 Å². The van der Waals surface area contributed by atoms with E-state index in [1.807, 2.05) is 18.4 Å². The van der Waals surface area contributed by atoms with Gasteiger partial charge in [-0.15, -0.1) is 11.8 Å². The number of likely N-dealkylation sites (N-methyl/N-ethyl adjacent to an activating group) is 1. The normalized spacial score (nSPS) is 11.3. The van der Waals surface area contributed by atoms with Gasteiger partial charge in [-0.2, -0.15) is 18.3 Å². The van der Waals surface area contributed by atoms with Crippen LogP contribution < -0.4 is 5.32 Å². The van der Waals surface area contributed by atoms with Crippen LogP contribution in [-0.4, -0.2) is 46.3 Å². The third-order valence-corrected chi connectivity index (χ3v) is 4.21. The fourth-order valence-corrected chi connectivity index (χ4v) is 2.66. The van der Waals surface area contributed by atoms with Crippen molar-refractivity contribution in [2.75, 3.05) is 25.2 Å². The largest absolute Gasteiger partial charge is 0.435 e. The molecule has 2 rings (SSSR count). The molecule has 1 N–H and O–H groups in total. The average molecular weight is 386 g/mol. The predicted molar refractivity (Wildman–Crippen MR) is 91.7 cm³/mol. The van der Waals surface area contributed by atoms with Crippen molar-refractivity contribution in [2.24, 2.45) is 0 Å². The lowest BCUT2D eigenvalue weighted by Crippen LogP contribution is -2.37. The van der Waals surface area contributed by atoms with E-state index in [1.54, 1.807) is 12.1 Å². The van der Waals surface area contributed by atoms with Gasteiger partial charge in [0.15, 0.2) is 5.69 Å². The highest BCUT2D eigenvalue weighted by molar-refractivity contribution is 7.98. The second kappa shape index (κ2) is 8.26. The molecule has 2 aromatic rings. The second-order valence-electron chi connectivity index (χ2n) is 5.39. The van der Waals surface area contributed by atoms with Crippen molar-refractivity contribution in [1.29, 1.82) is 0 Å². The second-order valence-corrected chi connectivity index (χ2v) is 6.24. The summed E-state index contributed by atoms with van der Waals surface area (Å²) in [5.41, 5.74) is -0.438. The van der Waals surface area contributed by atoms with E-state index in [0.717, 1.165) is 26.7 Å². The van der Waals surface area contributed by atoms with Crippen LogP contribution in [0, 0.1) is 0 Å². The summed E-state index contributed by atoms with van der Waals surface area (Å²) in [7, 11) is 1.40. The number of halogens is 3. The molecule has 0 unspecified atom stereocenters. The third kappa shape index (κ3) is 5.25. The van der Waals surface area contributed by atoms with E-state index < -0.39 is 23.7 Å². The van der Waals surface area contributed by atoms with Crippen molar-refractivity contribution < 1.29 is 22.8 Å². The first-order valence-electron chi connectivity index (χ1n) is 7.48. The maximum atomic E-state index is 12.5. The van der Waals surface area contributed by atoms with Gasteiger partial charge in [-0.25, -0.2) is 0 Å². The topological polar surface area (TPSA) is 67.2 Å². The Bertz CT molecular complexity index is 792. The molecule has 0 radical (unpaired) electrons. The quantitative estimate of drug-likeness (QED) is 0.776. The average Bonchev–Trinajstić information content (AvgIpc) is 3.04. The highest BCUT2D eigenvalue weighted by Crippen LogP contribution is 2.27. The van der Waals surface area contributed by atoms with Crippen LogP contribution in [0.25, 0.3) is 0 Å². The fraction of sp³-hybridized carbons (Fsp3) is 0.312. The number of carbonyl (C=O) groups is 2. The number of rotatable bonds is 6. The monoisotopic (exact) mass is 386 g/mol. The van der Waals surface area contributed by atoms with Crippen LogP contribution in [0.15, 0.2) is 41.4 Å². The van der Waals surface area contributed by atoms with Crippen LogP contribution in [0.2, 0.25) is 0 Å². The van der Waals surface area contributed by atoms with Crippen LogP contribution in [-0.2, 0) is 22.3 Å². The Morgan fingerprint density at radius 1 is 1.27 bits per heavy atom. The molecule has 26 heavy (non-hydrogen) atoms. The van der Waals surface area contributed by atoms with Gasteiger partial charge in [0.25, 0.3) is 0 Å². The van der Waals surface area contributed by atoms with Crippen LogP contribution in [0.3, 0.4) is 0 Å². The number of nitrogens with one attached hydrogen (secondary N) is 1. The molecule has 1 aromatic carbocycles. The van der Waals surface area contributed by atoms with Crippen molar-refractivity contribution in [3.8, 4) is 0 Å². The zero-order valence-corrected chi connectivity index (χ0v) is 14.9. The van der Waals surface area contributed by atoms with Crippen LogP contribution in [0.5, 0.6) is 0 Å². The maximum Gasteiger partial charge on any atom is 0.435 e. The molecular formula is C16H17F3N4O2S. The van der Waals surface area contributed by atoms with E-state index in [4.69, 9.17) is 0 Å². The fourth-order valence-electron chi connectivity index (χ4n) is 2.10. The first kappa shape index (κ1) is 19.8. The Balaban J connectivity index is 1.92. The van der Waals surface area contributed by atoms with Gasteiger partial charge in [0.2, 0.25) is 11.8 Å². The molecular weight excluding hydrogens is 369 g/mol. The molecule has 2 amide bonds. The minimum Gasteiger partial charge on any atom is -0.335 e. The highest BCUT2D eigenvalue weighted by Gasteiger charge is 2.33. The summed E-state index contributed by atoms with van der Waals surface area (Å²) in [6.07, 6.45) is -1.62. The van der Waals surface area contributed by atoms with Crippen LogP contribution >= 0.6 is 11.8 Å². The summed E-state index contributed by atoms with van der Waals surface area (Å²) in [4.78, 5) is 26.2. The van der Waals surface area contributed by atoms with Crippen molar-refractivity contribution in [3.05, 3.63) is 42.2 Å². The van der Waals surface area contributed by atoms with Gasteiger partial charge in [0.05, 0.1) is 12.2 Å². The van der Waals surface area contributed by atoms with E-state index in [-0.39, 0.29) is 13.1 Å². The molecule has 0 aliphatic rings. The first-order chi connectivity index (χ1) is 12.2. The van der Waals surface area contributed by atoms with Crippen LogP contribution in [0.4, 0.5) is 18.9 Å². The number of alkyl halides is 3. The summed E-state index contributed by atoms with van der Waals surface area (Å²) >= 11 is 1.47. The molecule has 0 spiro atoms. The Labute approximate surface area is 152 Å². The lowest BCUT2D eigenvalue weighted by atomic mass is 10.3. The summed E-state index contributed by atoms with van der Waals surface area (Å²) in [5, 5.41) is 6.02. The van der Waals surface area contributed by atoms with Crippen molar-refractivity contribution in [1.82, 2.24) is 14.7 Å². The van der Waals surface area contributed by atoms with Gasteiger partial charge < -0.3 is 10.2 Å². The highest BCUT2D eigenvalue weighted by atomic mass is 32.2. The number of carbonyl (C=O) groups excluding carboxylic acids is 2. The van der Waals surface area contributed by atoms with Gasteiger partial charge in [-0.3, -0.25) is 14.3 Å². The van der Waals surface area contributed by atoms with E-state index in [2.05, 4.69) is 10.4 Å². The number of para-hydroxylation sites is 1. The molecule has 6 nitrogen and oxygen atoms in total. The molecule has 0 aliphatic carbocycles. The molecule has 0 atom stereocenters. The molecule has 0 aliphatic heterocycles. The molecule has 0 saturated heterocycles. The molecule has 10 heteroatoms. The smallest absolute Gasteiger partial charge is 0.335 e. The third-order valence-electron chi connectivity index (χ3n) is 3.42. The molecule has 1 aromatic heterocycles. The molecule has 1 heterocycles. The zero-order valence-electron chi connectivity index (χ0n) is 14.1. The lowest BCUT2D eigenvalue weighted by Gasteiger charge is -2.17. The van der Waals surface area contributed by atoms with Crippen molar-refractivity contribution >= 4 is 29.3 Å². The first-order valence-corrected chi connectivity index (χ1v) is 8.70. The Kier molecular flexibility index (Phi) is 6.30. The minimum absolute atomic E-state index is 0.227. The molecule has 0 bridgehead atoms. The van der Waals surface area contributed by atoms with Gasteiger partial charge in [0, 0.05) is 18.1 Å². The number of benzene rings is 1. The number of hydrogen-bond donors (Lipinski definition) is 1. The summed E-state index contributed by atoms with van der Waals surface area (Å²) in [6.45, 7) is -0.615. The van der Waals surface area contributed by atoms with E-state index in [0.29, 0.717) is 5.69 Å². The number of anilines is 1. The number of amides is 2.